The summed E-state index contributed by atoms with van der Waals surface area (Å²) in [6.07, 6.45) is 5.52. The highest BCUT2D eigenvalue weighted by atomic mass is 32.1. The lowest BCUT2D eigenvalue weighted by molar-refractivity contribution is 0.633. The number of hydrogen-bond acceptors (Lipinski definition) is 3. The van der Waals surface area contributed by atoms with Gasteiger partial charge >= 0.3 is 0 Å². The van der Waals surface area contributed by atoms with Crippen molar-refractivity contribution in [3.63, 3.8) is 0 Å². The Hall–Kier alpha value is -2.43. The molecular weight excluding hydrogens is 344 g/mol. The van der Waals surface area contributed by atoms with Gasteiger partial charge in [0.15, 0.2) is 0 Å². The van der Waals surface area contributed by atoms with E-state index in [-0.39, 0.29) is 5.41 Å². The molecule has 0 spiro atoms. The summed E-state index contributed by atoms with van der Waals surface area (Å²) >= 11 is 3.55. The third kappa shape index (κ3) is 2.33. The van der Waals surface area contributed by atoms with Gasteiger partial charge in [0, 0.05) is 22.6 Å². The predicted octanol–water partition coefficient (Wildman–Crippen LogP) is 5.76. The topological polar surface area (TPSA) is 28.7 Å². The summed E-state index contributed by atoms with van der Waals surface area (Å²) in [4.78, 5) is 2.58. The first kappa shape index (κ1) is 14.9. The number of H-pyrrole nitrogens is 1. The van der Waals surface area contributed by atoms with Crippen LogP contribution >= 0.6 is 22.7 Å². The lowest BCUT2D eigenvalue weighted by Crippen LogP contribution is -2.29. The van der Waals surface area contributed by atoms with Crippen molar-refractivity contribution in [1.29, 1.82) is 0 Å². The molecule has 0 bridgehead atoms. The number of nitrogens with one attached hydrogen (secondary N) is 1. The fourth-order valence-electron chi connectivity index (χ4n) is 3.64. The minimum atomic E-state index is -0.123. The zero-order valence-corrected chi connectivity index (χ0v) is 15.1. The number of aromatic nitrogens is 2. The maximum absolute atomic E-state index is 4.62. The number of benzene rings is 1. The van der Waals surface area contributed by atoms with Gasteiger partial charge in [0.1, 0.15) is 5.69 Å². The van der Waals surface area contributed by atoms with Gasteiger partial charge in [-0.1, -0.05) is 54.6 Å². The van der Waals surface area contributed by atoms with Crippen molar-refractivity contribution in [2.45, 2.75) is 11.8 Å². The second-order valence-corrected chi connectivity index (χ2v) is 8.16. The first-order valence-corrected chi connectivity index (χ1v) is 10.0. The van der Waals surface area contributed by atoms with Crippen LogP contribution in [0.25, 0.3) is 16.6 Å². The molecule has 122 valence electrons. The van der Waals surface area contributed by atoms with E-state index in [1.807, 2.05) is 11.3 Å². The second kappa shape index (κ2) is 5.83. The number of rotatable bonds is 3. The molecule has 1 atom stereocenters. The van der Waals surface area contributed by atoms with Crippen LogP contribution in [0.4, 0.5) is 0 Å². The second-order valence-electron chi connectivity index (χ2n) is 6.27. The van der Waals surface area contributed by atoms with E-state index in [0.29, 0.717) is 0 Å². The molecule has 25 heavy (non-hydrogen) atoms. The van der Waals surface area contributed by atoms with E-state index in [4.69, 9.17) is 0 Å². The molecule has 0 saturated heterocycles. The first-order chi connectivity index (χ1) is 12.4. The molecule has 3 heterocycles. The summed E-state index contributed by atoms with van der Waals surface area (Å²) in [5.74, 6) is 0. The first-order valence-electron chi connectivity index (χ1n) is 8.27. The van der Waals surface area contributed by atoms with E-state index < -0.39 is 0 Å². The highest BCUT2D eigenvalue weighted by Crippen LogP contribution is 2.44. The normalized spacial score (nSPS) is 19.0. The van der Waals surface area contributed by atoms with Crippen LogP contribution in [-0.4, -0.2) is 10.2 Å². The Kier molecular flexibility index (Phi) is 3.47. The summed E-state index contributed by atoms with van der Waals surface area (Å²) in [6.45, 7) is 0. The summed E-state index contributed by atoms with van der Waals surface area (Å²) in [7, 11) is 0. The molecule has 1 unspecified atom stereocenters. The van der Waals surface area contributed by atoms with Gasteiger partial charge in [0.25, 0.3) is 0 Å². The molecular formula is C21H16N2S2. The molecule has 3 aromatic heterocycles. The molecule has 0 fully saturated rings. The van der Waals surface area contributed by atoms with Gasteiger partial charge in [-0.05, 0) is 28.5 Å². The average molecular weight is 361 g/mol. The molecule has 1 aliphatic carbocycles. The SMILES string of the molecule is C1=CC(c2ccccc2)(c2cccs2)Cc2[nH]nc(-c3cccs3)c21. The summed E-state index contributed by atoms with van der Waals surface area (Å²) < 4.78 is 0. The van der Waals surface area contributed by atoms with Crippen molar-refractivity contribution in [2.24, 2.45) is 0 Å². The number of allylic oxidation sites excluding steroid dienone is 1. The Morgan fingerprint density at radius 2 is 1.76 bits per heavy atom. The maximum atomic E-state index is 4.62. The molecule has 1 aromatic carbocycles. The van der Waals surface area contributed by atoms with Crippen LogP contribution in [0.2, 0.25) is 0 Å². The summed E-state index contributed by atoms with van der Waals surface area (Å²) in [6, 6.07) is 19.4. The molecule has 0 amide bonds. The Balaban J connectivity index is 1.66. The van der Waals surface area contributed by atoms with Gasteiger partial charge in [-0.25, -0.2) is 0 Å². The van der Waals surface area contributed by atoms with Gasteiger partial charge in [0.2, 0.25) is 0 Å². The lowest BCUT2D eigenvalue weighted by atomic mass is 9.72. The molecule has 0 saturated carbocycles. The Morgan fingerprint density at radius 1 is 0.920 bits per heavy atom. The molecule has 1 aliphatic rings. The number of hydrogen-bond donors (Lipinski definition) is 1. The van der Waals surface area contributed by atoms with Gasteiger partial charge in [-0.2, -0.15) is 5.10 Å². The fourth-order valence-corrected chi connectivity index (χ4v) is 5.30. The van der Waals surface area contributed by atoms with Crippen molar-refractivity contribution in [3.8, 4) is 10.6 Å². The van der Waals surface area contributed by atoms with E-state index in [1.165, 1.54) is 26.6 Å². The van der Waals surface area contributed by atoms with Crippen molar-refractivity contribution in [3.05, 3.63) is 93.1 Å². The Bertz CT molecular complexity index is 1010. The quantitative estimate of drug-likeness (QED) is 0.495. The average Bonchev–Trinajstić information content (AvgIpc) is 3.42. The van der Waals surface area contributed by atoms with Crippen molar-refractivity contribution >= 4 is 28.7 Å². The largest absolute Gasteiger partial charge is 0.281 e. The van der Waals surface area contributed by atoms with Crippen LogP contribution in [0.15, 0.2) is 71.4 Å². The van der Waals surface area contributed by atoms with Crippen LogP contribution in [-0.2, 0) is 11.8 Å². The number of aromatic amines is 1. The summed E-state index contributed by atoms with van der Waals surface area (Å²) in [5, 5.41) is 12.2. The van der Waals surface area contributed by atoms with E-state index in [9.17, 15) is 0 Å². The zero-order chi connectivity index (χ0) is 16.7. The smallest absolute Gasteiger partial charge is 0.109 e. The van der Waals surface area contributed by atoms with Crippen LogP contribution in [0.3, 0.4) is 0 Å². The van der Waals surface area contributed by atoms with Crippen LogP contribution < -0.4 is 0 Å². The van der Waals surface area contributed by atoms with Crippen LogP contribution in [0.5, 0.6) is 0 Å². The van der Waals surface area contributed by atoms with E-state index in [1.54, 1.807) is 11.3 Å². The van der Waals surface area contributed by atoms with Crippen molar-refractivity contribution < 1.29 is 0 Å². The van der Waals surface area contributed by atoms with Gasteiger partial charge in [0.05, 0.1) is 10.3 Å². The molecule has 1 N–H and O–H groups in total. The third-order valence-corrected chi connectivity index (χ3v) is 6.80. The van der Waals surface area contributed by atoms with E-state index >= 15 is 0 Å². The van der Waals surface area contributed by atoms with E-state index in [2.05, 4.69) is 87.7 Å². The number of nitrogens with zero attached hydrogens (tertiary/aromatic N) is 1. The molecule has 0 aliphatic heterocycles. The van der Waals surface area contributed by atoms with Crippen molar-refractivity contribution in [1.82, 2.24) is 10.2 Å². The predicted molar refractivity (Wildman–Crippen MR) is 106 cm³/mol. The van der Waals surface area contributed by atoms with Crippen molar-refractivity contribution in [2.75, 3.05) is 0 Å². The van der Waals surface area contributed by atoms with Gasteiger partial charge in [-0.15, -0.1) is 22.7 Å². The standard InChI is InChI=1S/C21H16N2S2/c1-2-6-15(7-3-1)21(19-9-5-13-25-19)11-10-16-17(14-21)22-23-20(16)18-8-4-12-24-18/h1-13H,14H2,(H,22,23). The molecule has 4 aromatic rings. The number of thiophene rings is 2. The minimum absolute atomic E-state index is 0.123. The molecule has 0 radical (unpaired) electrons. The van der Waals surface area contributed by atoms with Crippen LogP contribution in [0, 0.1) is 0 Å². The Morgan fingerprint density at radius 3 is 2.52 bits per heavy atom. The van der Waals surface area contributed by atoms with Gasteiger partial charge in [-0.3, -0.25) is 5.10 Å². The zero-order valence-electron chi connectivity index (χ0n) is 13.5. The highest BCUT2D eigenvalue weighted by Gasteiger charge is 2.37. The summed E-state index contributed by atoms with van der Waals surface area (Å²) in [5.41, 5.74) is 4.70. The fraction of sp³-hybridized carbons (Fsp3) is 0.0952. The Labute approximate surface area is 154 Å². The van der Waals surface area contributed by atoms with E-state index in [0.717, 1.165) is 12.1 Å². The molecule has 5 rings (SSSR count). The maximum Gasteiger partial charge on any atom is 0.109 e. The minimum Gasteiger partial charge on any atom is -0.281 e. The lowest BCUT2D eigenvalue weighted by Gasteiger charge is -2.33. The molecule has 2 nitrogen and oxygen atoms in total. The van der Waals surface area contributed by atoms with Gasteiger partial charge < -0.3 is 0 Å². The number of fused-ring (bicyclic) bond motifs is 1. The highest BCUT2D eigenvalue weighted by molar-refractivity contribution is 7.13. The third-order valence-electron chi connectivity index (χ3n) is 4.88. The monoisotopic (exact) mass is 360 g/mol. The molecule has 4 heteroatoms. The van der Waals surface area contributed by atoms with Crippen LogP contribution in [0.1, 0.15) is 21.7 Å².